The molecule has 0 amide bonds. The molecule has 118 valence electrons. The number of carbonyl (C=O) groups excluding carboxylic acids is 1. The summed E-state index contributed by atoms with van der Waals surface area (Å²) in [4.78, 5) is 13.4. The van der Waals surface area contributed by atoms with Gasteiger partial charge in [0.1, 0.15) is 0 Å². The highest BCUT2D eigenvalue weighted by molar-refractivity contribution is 9.10. The number of rotatable bonds is 5. The van der Waals surface area contributed by atoms with Gasteiger partial charge >= 0.3 is 5.97 Å². The molecule has 0 N–H and O–H groups in total. The molecule has 0 aliphatic rings. The van der Waals surface area contributed by atoms with E-state index in [0.717, 1.165) is 4.90 Å². The van der Waals surface area contributed by atoms with Gasteiger partial charge in [0.05, 0.1) is 28.3 Å². The predicted octanol–water partition coefficient (Wildman–Crippen LogP) is 4.66. The van der Waals surface area contributed by atoms with Gasteiger partial charge in [0.2, 0.25) is 0 Å². The number of benzene rings is 2. The fraction of sp³-hybridized carbons (Fsp3) is 0.176. The molecule has 0 aromatic heterocycles. The van der Waals surface area contributed by atoms with E-state index in [1.807, 2.05) is 31.4 Å². The van der Waals surface area contributed by atoms with E-state index >= 15 is 0 Å². The Labute approximate surface area is 147 Å². The van der Waals surface area contributed by atoms with Crippen molar-refractivity contribution >= 4 is 33.7 Å². The Morgan fingerprint density at radius 2 is 2.00 bits per heavy atom. The molecule has 0 heterocycles. The highest BCUT2D eigenvalue weighted by atomic mass is 79.9. The van der Waals surface area contributed by atoms with Crippen LogP contribution >= 0.6 is 27.7 Å². The summed E-state index contributed by atoms with van der Waals surface area (Å²) in [5.41, 5.74) is 0.867. The summed E-state index contributed by atoms with van der Waals surface area (Å²) in [6.07, 6.45) is 1.97. The minimum atomic E-state index is -0.482. The average Bonchev–Trinajstić information content (AvgIpc) is 2.57. The van der Waals surface area contributed by atoms with E-state index < -0.39 is 5.97 Å². The maximum Gasteiger partial charge on any atom is 0.343 e. The highest BCUT2D eigenvalue weighted by Gasteiger charge is 2.17. The van der Waals surface area contributed by atoms with Gasteiger partial charge < -0.3 is 9.47 Å². The molecule has 0 saturated carbocycles. The van der Waals surface area contributed by atoms with Gasteiger partial charge in [-0.25, -0.2) is 4.79 Å². The Balaban J connectivity index is 2.30. The number of halogens is 1. The van der Waals surface area contributed by atoms with Crippen LogP contribution in [0.1, 0.15) is 22.8 Å². The molecule has 0 radical (unpaired) electrons. The van der Waals surface area contributed by atoms with Gasteiger partial charge in [-0.05, 0) is 59.4 Å². The molecule has 0 unspecified atom stereocenters. The van der Waals surface area contributed by atoms with Crippen molar-refractivity contribution < 1.29 is 14.3 Å². The first-order chi connectivity index (χ1) is 11.1. The van der Waals surface area contributed by atoms with Crippen molar-refractivity contribution in [2.24, 2.45) is 0 Å². The lowest BCUT2D eigenvalue weighted by Crippen LogP contribution is -2.10. The van der Waals surface area contributed by atoms with Crippen molar-refractivity contribution in [3.05, 3.63) is 52.0 Å². The van der Waals surface area contributed by atoms with Crippen LogP contribution in [0.2, 0.25) is 0 Å². The standard InChI is InChI=1S/C17H14BrNO3S/c1-3-21-15-9-11(10-19)8-14(18)16(15)22-17(20)12-4-6-13(23-2)7-5-12/h4-9H,3H2,1-2H3. The third-order valence-corrected chi connectivity index (χ3v) is 4.29. The van der Waals surface area contributed by atoms with Gasteiger partial charge in [-0.3, -0.25) is 0 Å². The van der Waals surface area contributed by atoms with Gasteiger partial charge in [0.25, 0.3) is 0 Å². The van der Waals surface area contributed by atoms with Crippen molar-refractivity contribution in [2.45, 2.75) is 11.8 Å². The molecular formula is C17H14BrNO3S. The summed E-state index contributed by atoms with van der Waals surface area (Å²) < 4.78 is 11.4. The Morgan fingerprint density at radius 1 is 1.30 bits per heavy atom. The normalized spacial score (nSPS) is 10.0. The first-order valence-electron chi connectivity index (χ1n) is 6.81. The lowest BCUT2D eigenvalue weighted by molar-refractivity contribution is 0.0727. The second-order valence-corrected chi connectivity index (χ2v) is 6.18. The number of hydrogen-bond acceptors (Lipinski definition) is 5. The van der Waals surface area contributed by atoms with Crippen molar-refractivity contribution in [3.63, 3.8) is 0 Å². The number of esters is 1. The predicted molar refractivity (Wildman–Crippen MR) is 93.2 cm³/mol. The Hall–Kier alpha value is -1.97. The van der Waals surface area contributed by atoms with Crippen molar-refractivity contribution in [3.8, 4) is 17.6 Å². The van der Waals surface area contributed by atoms with Crippen molar-refractivity contribution in [1.29, 1.82) is 5.26 Å². The smallest absolute Gasteiger partial charge is 0.343 e. The number of carbonyl (C=O) groups is 1. The van der Waals surface area contributed by atoms with Crippen molar-refractivity contribution in [1.82, 2.24) is 0 Å². The number of nitrogens with zero attached hydrogens (tertiary/aromatic N) is 1. The van der Waals surface area contributed by atoms with Gasteiger partial charge in [0.15, 0.2) is 11.5 Å². The van der Waals surface area contributed by atoms with E-state index in [1.165, 1.54) is 0 Å². The van der Waals surface area contributed by atoms with Crippen LogP contribution in [0.5, 0.6) is 11.5 Å². The van der Waals surface area contributed by atoms with E-state index in [0.29, 0.717) is 28.0 Å². The van der Waals surface area contributed by atoms with E-state index in [2.05, 4.69) is 15.9 Å². The summed E-state index contributed by atoms with van der Waals surface area (Å²) in [6.45, 7) is 2.22. The van der Waals surface area contributed by atoms with Crippen LogP contribution in [0.25, 0.3) is 0 Å². The summed E-state index contributed by atoms with van der Waals surface area (Å²) in [7, 11) is 0. The van der Waals surface area contributed by atoms with Crippen LogP contribution < -0.4 is 9.47 Å². The molecule has 23 heavy (non-hydrogen) atoms. The fourth-order valence-corrected chi connectivity index (χ4v) is 2.80. The second-order valence-electron chi connectivity index (χ2n) is 4.45. The molecule has 2 rings (SSSR count). The molecule has 0 aliphatic carbocycles. The topological polar surface area (TPSA) is 59.3 Å². The van der Waals surface area contributed by atoms with E-state index in [4.69, 9.17) is 14.7 Å². The summed E-state index contributed by atoms with van der Waals surface area (Å²) in [5, 5.41) is 9.02. The zero-order valence-electron chi connectivity index (χ0n) is 12.6. The molecule has 6 heteroatoms. The SMILES string of the molecule is CCOc1cc(C#N)cc(Br)c1OC(=O)c1ccc(SC)cc1. The van der Waals surface area contributed by atoms with Gasteiger partial charge in [0, 0.05) is 11.0 Å². The third-order valence-electron chi connectivity index (χ3n) is 2.96. The summed E-state index contributed by atoms with van der Waals surface area (Å²) in [5.74, 6) is 0.140. The van der Waals surface area contributed by atoms with Crippen LogP contribution in [0, 0.1) is 11.3 Å². The number of thioether (sulfide) groups is 1. The maximum absolute atomic E-state index is 12.3. The summed E-state index contributed by atoms with van der Waals surface area (Å²) in [6, 6.07) is 12.3. The molecule has 2 aromatic rings. The summed E-state index contributed by atoms with van der Waals surface area (Å²) >= 11 is 4.92. The first kappa shape index (κ1) is 17.4. The van der Waals surface area contributed by atoms with E-state index in [9.17, 15) is 4.79 Å². The molecule has 0 fully saturated rings. The third kappa shape index (κ3) is 4.27. The van der Waals surface area contributed by atoms with Gasteiger partial charge in [-0.15, -0.1) is 11.8 Å². The Morgan fingerprint density at radius 3 is 2.57 bits per heavy atom. The molecule has 2 aromatic carbocycles. The molecule has 0 aliphatic heterocycles. The zero-order valence-corrected chi connectivity index (χ0v) is 15.0. The van der Waals surface area contributed by atoms with Crippen LogP contribution in [-0.4, -0.2) is 18.8 Å². The van der Waals surface area contributed by atoms with E-state index in [1.54, 1.807) is 36.0 Å². The van der Waals surface area contributed by atoms with Crippen LogP contribution in [0.15, 0.2) is 45.8 Å². The molecule has 0 bridgehead atoms. The Bertz CT molecular complexity index is 754. The molecule has 0 spiro atoms. The highest BCUT2D eigenvalue weighted by Crippen LogP contribution is 2.37. The maximum atomic E-state index is 12.3. The minimum absolute atomic E-state index is 0.268. The van der Waals surface area contributed by atoms with Crippen molar-refractivity contribution in [2.75, 3.05) is 12.9 Å². The molecular weight excluding hydrogens is 378 g/mol. The number of ether oxygens (including phenoxy) is 2. The van der Waals surface area contributed by atoms with Gasteiger partial charge in [-0.2, -0.15) is 5.26 Å². The Kier molecular flexibility index (Phi) is 6.08. The number of hydrogen-bond donors (Lipinski definition) is 0. The monoisotopic (exact) mass is 391 g/mol. The second kappa shape index (κ2) is 8.04. The minimum Gasteiger partial charge on any atom is -0.490 e. The average molecular weight is 392 g/mol. The quantitative estimate of drug-likeness (QED) is 0.421. The lowest BCUT2D eigenvalue weighted by atomic mass is 10.2. The number of nitriles is 1. The zero-order chi connectivity index (χ0) is 16.8. The lowest BCUT2D eigenvalue weighted by Gasteiger charge is -2.13. The fourth-order valence-electron chi connectivity index (χ4n) is 1.87. The molecule has 4 nitrogen and oxygen atoms in total. The van der Waals surface area contributed by atoms with E-state index in [-0.39, 0.29) is 5.75 Å². The largest absolute Gasteiger partial charge is 0.490 e. The first-order valence-corrected chi connectivity index (χ1v) is 8.83. The molecule has 0 saturated heterocycles. The van der Waals surface area contributed by atoms with Crippen LogP contribution in [0.4, 0.5) is 0 Å². The van der Waals surface area contributed by atoms with Gasteiger partial charge in [-0.1, -0.05) is 0 Å². The molecule has 0 atom stereocenters. The van der Waals surface area contributed by atoms with Crippen LogP contribution in [-0.2, 0) is 0 Å². The van der Waals surface area contributed by atoms with Crippen LogP contribution in [0.3, 0.4) is 0 Å².